The molecule has 2 rings (SSSR count). The second-order valence-corrected chi connectivity index (χ2v) is 4.47. The molecule has 0 unspecified atom stereocenters. The number of aromatic nitrogens is 2. The lowest BCUT2D eigenvalue weighted by Crippen LogP contribution is -2.06. The van der Waals surface area contributed by atoms with Gasteiger partial charge in [-0.15, -0.1) is 0 Å². The second-order valence-electron chi connectivity index (χ2n) is 4.47. The van der Waals surface area contributed by atoms with Crippen LogP contribution in [-0.2, 0) is 12.8 Å². The molecule has 0 fully saturated rings. The third-order valence-electron chi connectivity index (χ3n) is 3.11. The molecule has 1 N–H and O–H groups in total. The quantitative estimate of drug-likeness (QED) is 0.896. The summed E-state index contributed by atoms with van der Waals surface area (Å²) in [5.41, 5.74) is 3.19. The van der Waals surface area contributed by atoms with Crippen LogP contribution in [-0.4, -0.2) is 20.9 Å². The molecule has 0 aliphatic carbocycles. The highest BCUT2D eigenvalue weighted by molar-refractivity contribution is 5.85. The Morgan fingerprint density at radius 3 is 2.68 bits per heavy atom. The van der Waals surface area contributed by atoms with E-state index in [1.54, 1.807) is 10.7 Å². The number of carboxylic acids is 1. The number of para-hydroxylation sites is 1. The molecule has 0 bridgehead atoms. The Labute approximate surface area is 112 Å². The fourth-order valence-corrected chi connectivity index (χ4v) is 2.18. The molecule has 1 aromatic carbocycles. The van der Waals surface area contributed by atoms with Crippen LogP contribution in [0.5, 0.6) is 0 Å². The fraction of sp³-hybridized carbons (Fsp3) is 0.333. The minimum absolute atomic E-state index is 0.106. The van der Waals surface area contributed by atoms with Crippen molar-refractivity contribution in [2.45, 2.75) is 33.1 Å². The number of aromatic carboxylic acids is 1. The highest BCUT2D eigenvalue weighted by Crippen LogP contribution is 2.19. The smallest absolute Gasteiger partial charge is 0.356 e. The first-order valence-corrected chi connectivity index (χ1v) is 6.57. The van der Waals surface area contributed by atoms with Gasteiger partial charge in [0.05, 0.1) is 5.69 Å². The topological polar surface area (TPSA) is 55.1 Å². The molecule has 0 radical (unpaired) electrons. The van der Waals surface area contributed by atoms with E-state index in [-0.39, 0.29) is 5.69 Å². The van der Waals surface area contributed by atoms with E-state index < -0.39 is 5.97 Å². The van der Waals surface area contributed by atoms with Crippen molar-refractivity contribution < 1.29 is 9.90 Å². The molecule has 1 heterocycles. The van der Waals surface area contributed by atoms with E-state index in [9.17, 15) is 4.79 Å². The van der Waals surface area contributed by atoms with Crippen molar-refractivity contribution in [2.75, 3.05) is 0 Å². The Morgan fingerprint density at radius 2 is 2.05 bits per heavy atom. The van der Waals surface area contributed by atoms with Gasteiger partial charge in [-0.2, -0.15) is 5.10 Å². The number of carboxylic acid groups (broad SMARTS) is 1. The maximum atomic E-state index is 11.1. The predicted molar refractivity (Wildman–Crippen MR) is 73.9 cm³/mol. The predicted octanol–water partition coefficient (Wildman–Crippen LogP) is 3.09. The van der Waals surface area contributed by atoms with Crippen LogP contribution in [0.25, 0.3) is 5.69 Å². The SMILES string of the molecule is CCCc1cc(C(=O)O)nn1-c1ccccc1CC. The monoisotopic (exact) mass is 258 g/mol. The van der Waals surface area contributed by atoms with Crippen LogP contribution in [0.4, 0.5) is 0 Å². The van der Waals surface area contributed by atoms with E-state index in [1.807, 2.05) is 24.3 Å². The molecule has 2 aromatic rings. The average molecular weight is 258 g/mol. The zero-order valence-corrected chi connectivity index (χ0v) is 11.3. The summed E-state index contributed by atoms with van der Waals surface area (Å²) >= 11 is 0. The molecular formula is C15H18N2O2. The van der Waals surface area contributed by atoms with Crippen LogP contribution in [0.2, 0.25) is 0 Å². The molecular weight excluding hydrogens is 240 g/mol. The Kier molecular flexibility index (Phi) is 4.00. The Morgan fingerprint density at radius 1 is 1.32 bits per heavy atom. The summed E-state index contributed by atoms with van der Waals surface area (Å²) < 4.78 is 1.77. The van der Waals surface area contributed by atoms with Gasteiger partial charge in [-0.05, 0) is 30.5 Å². The Hall–Kier alpha value is -2.10. The summed E-state index contributed by atoms with van der Waals surface area (Å²) in [6.45, 7) is 4.16. The number of carbonyl (C=O) groups is 1. The van der Waals surface area contributed by atoms with Crippen LogP contribution in [0.3, 0.4) is 0 Å². The zero-order chi connectivity index (χ0) is 13.8. The number of hydrogen-bond donors (Lipinski definition) is 1. The first kappa shape index (κ1) is 13.3. The minimum Gasteiger partial charge on any atom is -0.476 e. The molecule has 1 aromatic heterocycles. The standard InChI is InChI=1S/C15H18N2O2/c1-3-7-12-10-13(15(18)19)16-17(12)14-9-6-5-8-11(14)4-2/h5-6,8-10H,3-4,7H2,1-2H3,(H,18,19). The van der Waals surface area contributed by atoms with Crippen LogP contribution in [0.1, 0.15) is 42.0 Å². The van der Waals surface area contributed by atoms with Crippen LogP contribution in [0, 0.1) is 0 Å². The Balaban J connectivity index is 2.56. The largest absolute Gasteiger partial charge is 0.476 e. The van der Waals surface area contributed by atoms with Gasteiger partial charge in [-0.1, -0.05) is 38.5 Å². The third-order valence-corrected chi connectivity index (χ3v) is 3.11. The highest BCUT2D eigenvalue weighted by atomic mass is 16.4. The molecule has 0 spiro atoms. The maximum Gasteiger partial charge on any atom is 0.356 e. The lowest BCUT2D eigenvalue weighted by Gasteiger charge is -2.10. The summed E-state index contributed by atoms with van der Waals surface area (Å²) in [6, 6.07) is 9.64. The second kappa shape index (κ2) is 5.69. The minimum atomic E-state index is -0.981. The highest BCUT2D eigenvalue weighted by Gasteiger charge is 2.15. The van der Waals surface area contributed by atoms with E-state index in [2.05, 4.69) is 18.9 Å². The number of rotatable bonds is 5. The van der Waals surface area contributed by atoms with Gasteiger partial charge in [-0.25, -0.2) is 9.48 Å². The maximum absolute atomic E-state index is 11.1. The van der Waals surface area contributed by atoms with Crippen molar-refractivity contribution in [1.82, 2.24) is 9.78 Å². The third kappa shape index (κ3) is 2.67. The number of benzene rings is 1. The van der Waals surface area contributed by atoms with E-state index in [1.165, 1.54) is 5.56 Å². The average Bonchev–Trinajstić information content (AvgIpc) is 2.83. The van der Waals surface area contributed by atoms with Crippen LogP contribution < -0.4 is 0 Å². The molecule has 0 saturated carbocycles. The van der Waals surface area contributed by atoms with Crippen molar-refractivity contribution in [3.8, 4) is 5.69 Å². The lowest BCUT2D eigenvalue weighted by atomic mass is 10.1. The van der Waals surface area contributed by atoms with Gasteiger partial charge < -0.3 is 5.11 Å². The molecule has 0 atom stereocenters. The van der Waals surface area contributed by atoms with Crippen molar-refractivity contribution in [1.29, 1.82) is 0 Å². The number of nitrogens with zero attached hydrogens (tertiary/aromatic N) is 2. The normalized spacial score (nSPS) is 10.6. The van der Waals surface area contributed by atoms with E-state index in [0.717, 1.165) is 30.6 Å². The van der Waals surface area contributed by atoms with Crippen molar-refractivity contribution in [3.63, 3.8) is 0 Å². The van der Waals surface area contributed by atoms with Gasteiger partial charge in [-0.3, -0.25) is 0 Å². The van der Waals surface area contributed by atoms with Gasteiger partial charge in [0.1, 0.15) is 0 Å². The summed E-state index contributed by atoms with van der Waals surface area (Å²) in [6.07, 6.45) is 2.67. The van der Waals surface area contributed by atoms with Crippen molar-refractivity contribution in [3.05, 3.63) is 47.3 Å². The van der Waals surface area contributed by atoms with Gasteiger partial charge >= 0.3 is 5.97 Å². The molecule has 0 saturated heterocycles. The van der Waals surface area contributed by atoms with Gasteiger partial charge in [0, 0.05) is 5.69 Å². The van der Waals surface area contributed by atoms with E-state index >= 15 is 0 Å². The molecule has 0 aliphatic rings. The lowest BCUT2D eigenvalue weighted by molar-refractivity contribution is 0.0690. The van der Waals surface area contributed by atoms with Gasteiger partial charge in [0.2, 0.25) is 0 Å². The molecule has 19 heavy (non-hydrogen) atoms. The summed E-state index contributed by atoms with van der Waals surface area (Å²) in [4.78, 5) is 11.1. The van der Waals surface area contributed by atoms with Gasteiger partial charge in [0.25, 0.3) is 0 Å². The fourth-order valence-electron chi connectivity index (χ4n) is 2.18. The molecule has 0 amide bonds. The molecule has 100 valence electrons. The first-order valence-electron chi connectivity index (χ1n) is 6.57. The van der Waals surface area contributed by atoms with E-state index in [0.29, 0.717) is 0 Å². The number of aryl methyl sites for hydroxylation is 2. The Bertz CT molecular complexity index is 588. The number of hydrogen-bond acceptors (Lipinski definition) is 2. The summed E-state index contributed by atoms with van der Waals surface area (Å²) in [5.74, 6) is -0.981. The first-order chi connectivity index (χ1) is 9.17. The van der Waals surface area contributed by atoms with Crippen LogP contribution in [0.15, 0.2) is 30.3 Å². The van der Waals surface area contributed by atoms with E-state index in [4.69, 9.17) is 5.11 Å². The molecule has 0 aliphatic heterocycles. The molecule has 4 heteroatoms. The van der Waals surface area contributed by atoms with Crippen molar-refractivity contribution >= 4 is 5.97 Å². The summed E-state index contributed by atoms with van der Waals surface area (Å²) in [7, 11) is 0. The zero-order valence-electron chi connectivity index (χ0n) is 11.3. The van der Waals surface area contributed by atoms with Crippen LogP contribution >= 0.6 is 0 Å². The van der Waals surface area contributed by atoms with Gasteiger partial charge in [0.15, 0.2) is 5.69 Å². The molecule has 4 nitrogen and oxygen atoms in total. The van der Waals surface area contributed by atoms with Crippen molar-refractivity contribution in [2.24, 2.45) is 0 Å². The summed E-state index contributed by atoms with van der Waals surface area (Å²) in [5, 5.41) is 13.3.